The Morgan fingerprint density at radius 2 is 1.87 bits per heavy atom. The highest BCUT2D eigenvalue weighted by molar-refractivity contribution is 5.91. The summed E-state index contributed by atoms with van der Waals surface area (Å²) in [6.07, 6.45) is 3.23. The van der Waals surface area contributed by atoms with Crippen LogP contribution < -0.4 is 14.4 Å². The molecule has 0 atom stereocenters. The predicted octanol–water partition coefficient (Wildman–Crippen LogP) is 2.76. The molecule has 0 aliphatic carbocycles. The highest BCUT2D eigenvalue weighted by atomic mass is 19.1. The molecule has 1 fully saturated rings. The summed E-state index contributed by atoms with van der Waals surface area (Å²) in [5.41, 5.74) is 0. The van der Waals surface area contributed by atoms with E-state index in [-0.39, 0.29) is 24.1 Å². The van der Waals surface area contributed by atoms with Gasteiger partial charge in [0.1, 0.15) is 23.9 Å². The van der Waals surface area contributed by atoms with Gasteiger partial charge in [0.05, 0.1) is 19.5 Å². The summed E-state index contributed by atoms with van der Waals surface area (Å²) >= 11 is 0. The molecule has 9 heteroatoms. The SMILES string of the molecule is COc1cncc(N2CCN(C(=O)c3ccc(COc4ccc(F)cc4)o3)CC2)n1. The van der Waals surface area contributed by atoms with Crippen molar-refractivity contribution in [3.05, 3.63) is 66.1 Å². The number of anilines is 1. The van der Waals surface area contributed by atoms with Gasteiger partial charge >= 0.3 is 0 Å². The molecule has 2 aromatic heterocycles. The van der Waals surface area contributed by atoms with Gasteiger partial charge in [0.25, 0.3) is 5.91 Å². The molecule has 3 aromatic rings. The maximum absolute atomic E-state index is 12.9. The Morgan fingerprint density at radius 1 is 1.10 bits per heavy atom. The molecule has 0 bridgehead atoms. The highest BCUT2D eigenvalue weighted by Gasteiger charge is 2.25. The number of hydrogen-bond acceptors (Lipinski definition) is 7. The number of ether oxygens (including phenoxy) is 2. The fourth-order valence-corrected chi connectivity index (χ4v) is 3.14. The van der Waals surface area contributed by atoms with Crippen LogP contribution in [-0.2, 0) is 6.61 Å². The summed E-state index contributed by atoms with van der Waals surface area (Å²) in [4.78, 5) is 25.1. The molecule has 1 aromatic carbocycles. The first kappa shape index (κ1) is 19.7. The van der Waals surface area contributed by atoms with E-state index >= 15 is 0 Å². The quantitative estimate of drug-likeness (QED) is 0.616. The molecule has 0 N–H and O–H groups in total. The van der Waals surface area contributed by atoms with Crippen molar-refractivity contribution in [3.63, 3.8) is 0 Å². The van der Waals surface area contributed by atoms with E-state index in [1.165, 1.54) is 24.3 Å². The Labute approximate surface area is 172 Å². The Bertz CT molecular complexity index is 1000. The lowest BCUT2D eigenvalue weighted by atomic mass is 10.3. The van der Waals surface area contributed by atoms with E-state index in [1.807, 2.05) is 0 Å². The Kier molecular flexibility index (Phi) is 5.78. The zero-order valence-electron chi connectivity index (χ0n) is 16.5. The second-order valence-corrected chi connectivity index (χ2v) is 6.71. The lowest BCUT2D eigenvalue weighted by Gasteiger charge is -2.34. The van der Waals surface area contributed by atoms with E-state index in [1.54, 1.807) is 36.5 Å². The zero-order valence-corrected chi connectivity index (χ0v) is 16.5. The smallest absolute Gasteiger partial charge is 0.289 e. The number of nitrogens with zero attached hydrogens (tertiary/aromatic N) is 4. The van der Waals surface area contributed by atoms with Crippen LogP contribution in [0.3, 0.4) is 0 Å². The summed E-state index contributed by atoms with van der Waals surface area (Å²) in [7, 11) is 1.55. The zero-order chi connectivity index (χ0) is 20.9. The maximum Gasteiger partial charge on any atom is 0.289 e. The van der Waals surface area contributed by atoms with Gasteiger partial charge in [-0.1, -0.05) is 0 Å². The van der Waals surface area contributed by atoms with E-state index in [4.69, 9.17) is 13.9 Å². The van der Waals surface area contributed by atoms with E-state index in [9.17, 15) is 9.18 Å². The number of carbonyl (C=O) groups is 1. The van der Waals surface area contributed by atoms with Crippen molar-refractivity contribution < 1.29 is 23.1 Å². The van der Waals surface area contributed by atoms with Crippen LogP contribution in [0.2, 0.25) is 0 Å². The molecule has 1 amide bonds. The Hall–Kier alpha value is -3.62. The lowest BCUT2D eigenvalue weighted by Crippen LogP contribution is -2.49. The minimum Gasteiger partial charge on any atom is -0.486 e. The van der Waals surface area contributed by atoms with Crippen LogP contribution in [0.4, 0.5) is 10.2 Å². The lowest BCUT2D eigenvalue weighted by molar-refractivity contribution is 0.0710. The van der Waals surface area contributed by atoms with Crippen LogP contribution in [0, 0.1) is 5.82 Å². The number of furan rings is 1. The fourth-order valence-electron chi connectivity index (χ4n) is 3.14. The number of piperazine rings is 1. The first-order valence-electron chi connectivity index (χ1n) is 9.50. The fraction of sp³-hybridized carbons (Fsp3) is 0.286. The molecule has 0 radical (unpaired) electrons. The van der Waals surface area contributed by atoms with Gasteiger partial charge in [-0.15, -0.1) is 0 Å². The van der Waals surface area contributed by atoms with Crippen LogP contribution >= 0.6 is 0 Å². The third kappa shape index (κ3) is 4.51. The monoisotopic (exact) mass is 412 g/mol. The molecule has 8 nitrogen and oxygen atoms in total. The summed E-state index contributed by atoms with van der Waals surface area (Å²) in [5, 5.41) is 0. The average Bonchev–Trinajstić information content (AvgIpc) is 3.27. The number of rotatable bonds is 6. The molecule has 1 aliphatic rings. The van der Waals surface area contributed by atoms with Crippen molar-refractivity contribution >= 4 is 11.7 Å². The Morgan fingerprint density at radius 3 is 2.60 bits per heavy atom. The van der Waals surface area contributed by atoms with Gasteiger partial charge in [-0.3, -0.25) is 9.78 Å². The van der Waals surface area contributed by atoms with Crippen LogP contribution in [0.5, 0.6) is 11.6 Å². The summed E-state index contributed by atoms with van der Waals surface area (Å²) < 4.78 is 29.3. The second kappa shape index (κ2) is 8.81. The minimum atomic E-state index is -0.327. The van der Waals surface area contributed by atoms with Gasteiger partial charge < -0.3 is 23.7 Å². The average molecular weight is 412 g/mol. The molecule has 3 heterocycles. The van der Waals surface area contributed by atoms with Gasteiger partial charge in [0.2, 0.25) is 5.88 Å². The summed E-state index contributed by atoms with van der Waals surface area (Å²) in [6.45, 7) is 2.50. The van der Waals surface area contributed by atoms with Crippen LogP contribution in [0.25, 0.3) is 0 Å². The van der Waals surface area contributed by atoms with Crippen molar-refractivity contribution in [2.45, 2.75) is 6.61 Å². The molecular formula is C21H21FN4O4. The molecule has 4 rings (SSSR count). The van der Waals surface area contributed by atoms with E-state index in [0.717, 1.165) is 5.82 Å². The standard InChI is InChI=1S/C21H21FN4O4/c1-28-20-13-23-12-19(24-20)25-8-10-26(11-9-25)21(27)18-7-6-17(30-18)14-29-16-4-2-15(22)3-5-16/h2-7,12-13H,8-11,14H2,1H3. The molecule has 1 saturated heterocycles. The van der Waals surface area contributed by atoms with Crippen molar-refractivity contribution in [2.24, 2.45) is 0 Å². The molecular weight excluding hydrogens is 391 g/mol. The van der Waals surface area contributed by atoms with Crippen molar-refractivity contribution in [3.8, 4) is 11.6 Å². The number of halogens is 1. The largest absolute Gasteiger partial charge is 0.486 e. The number of amides is 1. The summed E-state index contributed by atoms with van der Waals surface area (Å²) in [5.74, 6) is 2.00. The van der Waals surface area contributed by atoms with Crippen molar-refractivity contribution in [1.82, 2.24) is 14.9 Å². The van der Waals surface area contributed by atoms with Gasteiger partial charge in [0.15, 0.2) is 11.6 Å². The molecule has 30 heavy (non-hydrogen) atoms. The second-order valence-electron chi connectivity index (χ2n) is 6.71. The highest BCUT2D eigenvalue weighted by Crippen LogP contribution is 2.19. The van der Waals surface area contributed by atoms with Crippen molar-refractivity contribution in [1.29, 1.82) is 0 Å². The Balaban J connectivity index is 1.31. The normalized spacial score (nSPS) is 13.9. The minimum absolute atomic E-state index is 0.154. The van der Waals surface area contributed by atoms with Crippen LogP contribution in [0.1, 0.15) is 16.3 Å². The van der Waals surface area contributed by atoms with E-state index < -0.39 is 0 Å². The third-order valence-corrected chi connectivity index (χ3v) is 4.77. The topological polar surface area (TPSA) is 80.9 Å². The van der Waals surface area contributed by atoms with Gasteiger partial charge in [-0.25, -0.2) is 4.39 Å². The van der Waals surface area contributed by atoms with Gasteiger partial charge in [-0.2, -0.15) is 4.98 Å². The number of methoxy groups -OCH3 is 1. The predicted molar refractivity (Wildman–Crippen MR) is 106 cm³/mol. The first-order valence-corrected chi connectivity index (χ1v) is 9.50. The summed E-state index contributed by atoms with van der Waals surface area (Å²) in [6, 6.07) is 9.07. The van der Waals surface area contributed by atoms with Gasteiger partial charge in [-0.05, 0) is 36.4 Å². The molecule has 0 saturated carbocycles. The number of aromatic nitrogens is 2. The maximum atomic E-state index is 12.9. The van der Waals surface area contributed by atoms with Crippen LogP contribution in [0.15, 0.2) is 53.2 Å². The molecule has 0 unspecified atom stereocenters. The molecule has 1 aliphatic heterocycles. The third-order valence-electron chi connectivity index (χ3n) is 4.77. The molecule has 156 valence electrons. The number of hydrogen-bond donors (Lipinski definition) is 0. The van der Waals surface area contributed by atoms with E-state index in [0.29, 0.717) is 43.6 Å². The van der Waals surface area contributed by atoms with Crippen LogP contribution in [-0.4, -0.2) is 54.1 Å². The van der Waals surface area contributed by atoms with E-state index in [2.05, 4.69) is 14.9 Å². The van der Waals surface area contributed by atoms with Crippen molar-refractivity contribution in [2.75, 3.05) is 38.2 Å². The first-order chi connectivity index (χ1) is 14.6. The van der Waals surface area contributed by atoms with Gasteiger partial charge in [0, 0.05) is 26.2 Å². The number of benzene rings is 1. The molecule has 0 spiro atoms. The number of carbonyl (C=O) groups excluding carboxylic acids is 1.